The Balaban J connectivity index is 2.56. The third-order valence-electron chi connectivity index (χ3n) is 2.13. The minimum Gasteiger partial charge on any atom is -0.312 e. The van der Waals surface area contributed by atoms with Crippen molar-refractivity contribution in [1.82, 2.24) is 5.32 Å². The third-order valence-corrected chi connectivity index (χ3v) is 3.87. The van der Waals surface area contributed by atoms with Crippen molar-refractivity contribution in [1.29, 1.82) is 0 Å². The lowest BCUT2D eigenvalue weighted by Gasteiger charge is -2.13. The van der Waals surface area contributed by atoms with Gasteiger partial charge in [-0.15, -0.1) is 11.3 Å². The number of rotatable bonds is 5. The van der Waals surface area contributed by atoms with Gasteiger partial charge in [-0.05, 0) is 41.5 Å². The van der Waals surface area contributed by atoms with E-state index in [4.69, 9.17) is 0 Å². The van der Waals surface area contributed by atoms with Gasteiger partial charge in [-0.3, -0.25) is 0 Å². The van der Waals surface area contributed by atoms with Gasteiger partial charge in [0.15, 0.2) is 0 Å². The van der Waals surface area contributed by atoms with Gasteiger partial charge >= 0.3 is 0 Å². The number of halogens is 1. The van der Waals surface area contributed by atoms with Crippen LogP contribution in [0, 0.1) is 0 Å². The van der Waals surface area contributed by atoms with E-state index >= 15 is 0 Å². The number of unbranched alkanes of at least 4 members (excludes halogenated alkanes) is 1. The quantitative estimate of drug-likeness (QED) is 0.846. The first-order valence-corrected chi connectivity index (χ1v) is 6.31. The summed E-state index contributed by atoms with van der Waals surface area (Å²) in [6.07, 6.45) is 3.80. The van der Waals surface area contributed by atoms with Crippen LogP contribution < -0.4 is 5.32 Å². The first-order chi connectivity index (χ1) is 6.27. The number of thiophene rings is 1. The highest BCUT2D eigenvalue weighted by atomic mass is 79.9. The molecular weight excluding hydrogens is 246 g/mol. The fraction of sp³-hybridized carbons (Fsp3) is 0.600. The first kappa shape index (κ1) is 11.2. The number of hydrogen-bond acceptors (Lipinski definition) is 2. The van der Waals surface area contributed by atoms with Crippen LogP contribution in [0.3, 0.4) is 0 Å². The van der Waals surface area contributed by atoms with Crippen molar-refractivity contribution in [2.45, 2.75) is 32.2 Å². The van der Waals surface area contributed by atoms with Crippen molar-refractivity contribution in [2.75, 3.05) is 7.05 Å². The van der Waals surface area contributed by atoms with Gasteiger partial charge in [0.2, 0.25) is 0 Å². The molecule has 0 aliphatic carbocycles. The van der Waals surface area contributed by atoms with Crippen LogP contribution in [-0.4, -0.2) is 7.05 Å². The lowest BCUT2D eigenvalue weighted by Crippen LogP contribution is -2.14. The maximum absolute atomic E-state index is 3.49. The maximum atomic E-state index is 3.49. The van der Waals surface area contributed by atoms with Crippen molar-refractivity contribution < 1.29 is 0 Å². The van der Waals surface area contributed by atoms with Gasteiger partial charge in [-0.2, -0.15) is 0 Å². The van der Waals surface area contributed by atoms with Crippen LogP contribution in [-0.2, 0) is 0 Å². The van der Waals surface area contributed by atoms with Gasteiger partial charge in [0, 0.05) is 10.9 Å². The normalized spacial score (nSPS) is 13.2. The van der Waals surface area contributed by atoms with E-state index in [1.807, 2.05) is 18.4 Å². The van der Waals surface area contributed by atoms with E-state index in [2.05, 4.69) is 40.3 Å². The highest BCUT2D eigenvalue weighted by Crippen LogP contribution is 2.29. The van der Waals surface area contributed by atoms with E-state index < -0.39 is 0 Å². The molecule has 1 atom stereocenters. The first-order valence-electron chi connectivity index (χ1n) is 4.70. The molecule has 74 valence electrons. The molecule has 1 N–H and O–H groups in total. The molecule has 1 rings (SSSR count). The summed E-state index contributed by atoms with van der Waals surface area (Å²) < 4.78 is 1.22. The number of nitrogens with one attached hydrogen (secondary N) is 1. The van der Waals surface area contributed by atoms with Gasteiger partial charge in [-0.25, -0.2) is 0 Å². The zero-order valence-corrected chi connectivity index (χ0v) is 10.5. The molecule has 3 heteroatoms. The summed E-state index contributed by atoms with van der Waals surface area (Å²) in [5.41, 5.74) is 0. The topological polar surface area (TPSA) is 12.0 Å². The molecule has 13 heavy (non-hydrogen) atoms. The van der Waals surface area contributed by atoms with E-state index in [9.17, 15) is 0 Å². The van der Waals surface area contributed by atoms with Gasteiger partial charge in [0.05, 0.1) is 3.79 Å². The molecule has 1 unspecified atom stereocenters. The standard InChI is InChI=1S/C10H16BrNS/c1-3-4-5-8(12-2)9-6-7-10(11)13-9/h6-8,12H,3-5H2,1-2H3. The van der Waals surface area contributed by atoms with Crippen molar-refractivity contribution in [3.8, 4) is 0 Å². The summed E-state index contributed by atoms with van der Waals surface area (Å²) in [5.74, 6) is 0. The summed E-state index contributed by atoms with van der Waals surface area (Å²) in [4.78, 5) is 1.43. The molecular formula is C10H16BrNS. The molecule has 0 bridgehead atoms. The molecule has 0 aliphatic rings. The second-order valence-corrected chi connectivity index (χ2v) is 5.62. The van der Waals surface area contributed by atoms with Gasteiger partial charge in [0.25, 0.3) is 0 Å². The van der Waals surface area contributed by atoms with E-state index in [1.54, 1.807) is 0 Å². The van der Waals surface area contributed by atoms with Crippen LogP contribution in [0.15, 0.2) is 15.9 Å². The second-order valence-electron chi connectivity index (χ2n) is 3.13. The molecule has 0 saturated carbocycles. The minimum absolute atomic E-state index is 0.538. The molecule has 0 amide bonds. The van der Waals surface area contributed by atoms with Crippen LogP contribution >= 0.6 is 27.3 Å². The largest absolute Gasteiger partial charge is 0.312 e. The Hall–Kier alpha value is 0.140. The van der Waals surface area contributed by atoms with Crippen molar-refractivity contribution in [3.63, 3.8) is 0 Å². The molecule has 0 saturated heterocycles. The SMILES string of the molecule is CCCCC(NC)c1ccc(Br)s1. The summed E-state index contributed by atoms with van der Waals surface area (Å²) in [6, 6.07) is 4.86. The van der Waals surface area contributed by atoms with Crippen molar-refractivity contribution >= 4 is 27.3 Å². The Bertz CT molecular complexity index is 247. The number of hydrogen-bond donors (Lipinski definition) is 1. The predicted octanol–water partition coefficient (Wildman–Crippen LogP) is 3.96. The van der Waals surface area contributed by atoms with E-state index in [0.717, 1.165) is 0 Å². The van der Waals surface area contributed by atoms with E-state index in [1.165, 1.54) is 27.9 Å². The Labute approximate surface area is 92.7 Å². The Morgan fingerprint density at radius 3 is 2.77 bits per heavy atom. The van der Waals surface area contributed by atoms with Crippen LogP contribution in [0.25, 0.3) is 0 Å². The van der Waals surface area contributed by atoms with Crippen molar-refractivity contribution in [2.24, 2.45) is 0 Å². The molecule has 1 aromatic heterocycles. The highest BCUT2D eigenvalue weighted by molar-refractivity contribution is 9.11. The molecule has 0 spiro atoms. The Morgan fingerprint density at radius 1 is 1.54 bits per heavy atom. The monoisotopic (exact) mass is 261 g/mol. The van der Waals surface area contributed by atoms with Crippen molar-refractivity contribution in [3.05, 3.63) is 20.8 Å². The van der Waals surface area contributed by atoms with Crippen LogP contribution in [0.4, 0.5) is 0 Å². The summed E-state index contributed by atoms with van der Waals surface area (Å²) in [6.45, 7) is 2.23. The smallest absolute Gasteiger partial charge is 0.0701 e. The van der Waals surface area contributed by atoms with Crippen LogP contribution in [0.2, 0.25) is 0 Å². The maximum Gasteiger partial charge on any atom is 0.0701 e. The van der Waals surface area contributed by atoms with E-state index in [-0.39, 0.29) is 0 Å². The molecule has 1 nitrogen and oxygen atoms in total. The van der Waals surface area contributed by atoms with Gasteiger partial charge in [0.1, 0.15) is 0 Å². The Kier molecular flexibility index (Phi) is 4.99. The molecule has 0 radical (unpaired) electrons. The fourth-order valence-electron chi connectivity index (χ4n) is 1.35. The summed E-state index contributed by atoms with van der Waals surface area (Å²) in [5, 5.41) is 3.36. The average molecular weight is 262 g/mol. The van der Waals surface area contributed by atoms with Gasteiger partial charge < -0.3 is 5.32 Å². The molecule has 0 fully saturated rings. The zero-order chi connectivity index (χ0) is 9.68. The highest BCUT2D eigenvalue weighted by Gasteiger charge is 2.10. The third kappa shape index (κ3) is 3.41. The lowest BCUT2D eigenvalue weighted by atomic mass is 10.1. The fourth-order valence-corrected chi connectivity index (χ4v) is 2.92. The molecule has 1 aromatic rings. The predicted molar refractivity (Wildman–Crippen MR) is 63.3 cm³/mol. The average Bonchev–Trinajstić information content (AvgIpc) is 2.54. The minimum atomic E-state index is 0.538. The van der Waals surface area contributed by atoms with Crippen LogP contribution in [0.5, 0.6) is 0 Å². The molecule has 0 aliphatic heterocycles. The summed E-state index contributed by atoms with van der Waals surface area (Å²) >= 11 is 5.31. The lowest BCUT2D eigenvalue weighted by molar-refractivity contribution is 0.530. The second kappa shape index (κ2) is 5.78. The van der Waals surface area contributed by atoms with Crippen LogP contribution in [0.1, 0.15) is 37.1 Å². The van der Waals surface area contributed by atoms with E-state index in [0.29, 0.717) is 6.04 Å². The summed E-state index contributed by atoms with van der Waals surface area (Å²) in [7, 11) is 2.04. The Morgan fingerprint density at radius 2 is 2.31 bits per heavy atom. The molecule has 0 aromatic carbocycles. The zero-order valence-electron chi connectivity index (χ0n) is 8.14. The van der Waals surface area contributed by atoms with Gasteiger partial charge in [-0.1, -0.05) is 19.8 Å². The molecule has 1 heterocycles.